The molecular formula is C11H24N2. The third kappa shape index (κ3) is 4.10. The van der Waals surface area contributed by atoms with Crippen LogP contribution in [0.3, 0.4) is 0 Å². The molecule has 78 valence electrons. The summed E-state index contributed by atoms with van der Waals surface area (Å²) in [6.07, 6.45) is 2.98. The number of hydrogen-bond acceptors (Lipinski definition) is 2. The van der Waals surface area contributed by atoms with Crippen molar-refractivity contribution in [2.75, 3.05) is 39.8 Å². The van der Waals surface area contributed by atoms with Crippen molar-refractivity contribution in [2.24, 2.45) is 5.92 Å². The normalized spacial score (nSPS) is 25.2. The molecule has 1 aliphatic heterocycles. The van der Waals surface area contributed by atoms with Gasteiger partial charge in [-0.05, 0) is 25.8 Å². The Kier molecular flexibility index (Phi) is 4.74. The molecule has 0 atom stereocenters. The van der Waals surface area contributed by atoms with Gasteiger partial charge >= 0.3 is 0 Å². The molecule has 2 nitrogen and oxygen atoms in total. The number of rotatable bonds is 2. The van der Waals surface area contributed by atoms with E-state index in [4.69, 9.17) is 0 Å². The highest BCUT2D eigenvalue weighted by molar-refractivity contribution is 4.79. The monoisotopic (exact) mass is 184 g/mol. The quantitative estimate of drug-likeness (QED) is 0.644. The van der Waals surface area contributed by atoms with Crippen LogP contribution in [0.5, 0.6) is 0 Å². The molecule has 2 aliphatic rings. The number of piperazine rings is 1. The van der Waals surface area contributed by atoms with Gasteiger partial charge in [0, 0.05) is 32.7 Å². The van der Waals surface area contributed by atoms with Gasteiger partial charge in [-0.2, -0.15) is 0 Å². The van der Waals surface area contributed by atoms with Gasteiger partial charge in [0.15, 0.2) is 0 Å². The van der Waals surface area contributed by atoms with E-state index in [1.54, 1.807) is 0 Å². The molecule has 1 heterocycles. The molecule has 0 aromatic rings. The molecule has 1 saturated heterocycles. The Morgan fingerprint density at radius 2 is 1.54 bits per heavy atom. The summed E-state index contributed by atoms with van der Waals surface area (Å²) in [7, 11) is 2.22. The number of nitrogens with zero attached hydrogens (tertiary/aromatic N) is 2. The van der Waals surface area contributed by atoms with Crippen LogP contribution in [-0.4, -0.2) is 49.6 Å². The summed E-state index contributed by atoms with van der Waals surface area (Å²) in [6.45, 7) is 10.5. The van der Waals surface area contributed by atoms with Gasteiger partial charge in [-0.3, -0.25) is 0 Å². The van der Waals surface area contributed by atoms with Crippen LogP contribution in [0.15, 0.2) is 0 Å². The molecule has 0 amide bonds. The van der Waals surface area contributed by atoms with Gasteiger partial charge in [0.1, 0.15) is 0 Å². The molecule has 2 heteroatoms. The summed E-state index contributed by atoms with van der Waals surface area (Å²) in [6, 6.07) is 0. The molecular weight excluding hydrogens is 160 g/mol. The predicted molar refractivity (Wildman–Crippen MR) is 58.0 cm³/mol. The van der Waals surface area contributed by atoms with Gasteiger partial charge in [-0.15, -0.1) is 0 Å². The maximum atomic E-state index is 2.62. The van der Waals surface area contributed by atoms with Crippen molar-refractivity contribution in [3.63, 3.8) is 0 Å². The molecule has 13 heavy (non-hydrogen) atoms. The molecule has 0 unspecified atom stereocenters. The van der Waals surface area contributed by atoms with E-state index in [1.165, 1.54) is 45.6 Å². The molecule has 0 bridgehead atoms. The summed E-state index contributed by atoms with van der Waals surface area (Å²) in [5, 5.41) is 0. The van der Waals surface area contributed by atoms with Crippen LogP contribution in [0.1, 0.15) is 26.7 Å². The first-order chi connectivity index (χ1) is 6.34. The first kappa shape index (κ1) is 11.0. The molecule has 0 spiro atoms. The zero-order valence-electron chi connectivity index (χ0n) is 9.42. The topological polar surface area (TPSA) is 6.48 Å². The Morgan fingerprint density at radius 1 is 1.00 bits per heavy atom. The van der Waals surface area contributed by atoms with E-state index in [-0.39, 0.29) is 0 Å². The van der Waals surface area contributed by atoms with Gasteiger partial charge in [-0.25, -0.2) is 0 Å². The fourth-order valence-corrected chi connectivity index (χ4v) is 1.70. The van der Waals surface area contributed by atoms with E-state index in [1.807, 2.05) is 13.8 Å². The molecule has 1 saturated carbocycles. The van der Waals surface area contributed by atoms with Crippen LogP contribution >= 0.6 is 0 Å². The molecule has 2 rings (SSSR count). The maximum absolute atomic E-state index is 2.62. The van der Waals surface area contributed by atoms with Crippen LogP contribution in [0.4, 0.5) is 0 Å². The van der Waals surface area contributed by atoms with E-state index in [9.17, 15) is 0 Å². The molecule has 0 radical (unpaired) electrons. The van der Waals surface area contributed by atoms with Gasteiger partial charge in [-0.1, -0.05) is 13.8 Å². The van der Waals surface area contributed by atoms with Crippen molar-refractivity contribution >= 4 is 0 Å². The smallest absolute Gasteiger partial charge is 0.0110 e. The number of hydrogen-bond donors (Lipinski definition) is 0. The average molecular weight is 184 g/mol. The van der Waals surface area contributed by atoms with Crippen molar-refractivity contribution in [3.05, 3.63) is 0 Å². The molecule has 0 aromatic carbocycles. The van der Waals surface area contributed by atoms with E-state index in [0.29, 0.717) is 0 Å². The van der Waals surface area contributed by atoms with E-state index in [0.717, 1.165) is 5.92 Å². The van der Waals surface area contributed by atoms with Gasteiger partial charge in [0.25, 0.3) is 0 Å². The fourth-order valence-electron chi connectivity index (χ4n) is 1.70. The molecule has 2 fully saturated rings. The van der Waals surface area contributed by atoms with Crippen molar-refractivity contribution in [1.82, 2.24) is 9.80 Å². The Labute approximate surface area is 82.9 Å². The second-order valence-corrected chi connectivity index (χ2v) is 4.05. The highest BCUT2D eigenvalue weighted by atomic mass is 15.2. The zero-order valence-corrected chi connectivity index (χ0v) is 9.42. The Bertz CT molecular complexity index is 124. The van der Waals surface area contributed by atoms with Gasteiger partial charge in [0.2, 0.25) is 0 Å². The van der Waals surface area contributed by atoms with Gasteiger partial charge in [0.05, 0.1) is 0 Å². The lowest BCUT2D eigenvalue weighted by molar-refractivity contribution is 0.149. The van der Waals surface area contributed by atoms with E-state index < -0.39 is 0 Å². The van der Waals surface area contributed by atoms with Crippen LogP contribution in [-0.2, 0) is 0 Å². The maximum Gasteiger partial charge on any atom is 0.0110 e. The molecule has 0 N–H and O–H groups in total. The van der Waals surface area contributed by atoms with Crippen LogP contribution in [0.25, 0.3) is 0 Å². The second kappa shape index (κ2) is 5.61. The summed E-state index contributed by atoms with van der Waals surface area (Å²) < 4.78 is 0. The Balaban J connectivity index is 0.000000396. The largest absolute Gasteiger partial charge is 0.304 e. The van der Waals surface area contributed by atoms with Crippen LogP contribution in [0, 0.1) is 5.92 Å². The minimum absolute atomic E-state index is 1.07. The standard InChI is InChI=1S/C9H18N2.C2H6/c1-10-4-6-11(7-5-10)8-9-2-3-9;1-2/h9H,2-8H2,1H3;1-2H3. The summed E-state index contributed by atoms with van der Waals surface area (Å²) >= 11 is 0. The third-order valence-electron chi connectivity index (χ3n) is 2.81. The summed E-state index contributed by atoms with van der Waals surface area (Å²) in [4.78, 5) is 5.04. The minimum Gasteiger partial charge on any atom is -0.304 e. The van der Waals surface area contributed by atoms with Crippen molar-refractivity contribution in [3.8, 4) is 0 Å². The average Bonchev–Trinajstić information content (AvgIpc) is 2.96. The summed E-state index contributed by atoms with van der Waals surface area (Å²) in [5.74, 6) is 1.07. The van der Waals surface area contributed by atoms with Crippen molar-refractivity contribution < 1.29 is 0 Å². The lowest BCUT2D eigenvalue weighted by Gasteiger charge is -2.32. The van der Waals surface area contributed by atoms with E-state index in [2.05, 4.69) is 16.8 Å². The second-order valence-electron chi connectivity index (χ2n) is 4.05. The van der Waals surface area contributed by atoms with Crippen molar-refractivity contribution in [1.29, 1.82) is 0 Å². The highest BCUT2D eigenvalue weighted by Crippen LogP contribution is 2.29. The SMILES string of the molecule is CC.CN1CCN(CC2CC2)CC1. The first-order valence-electron chi connectivity index (χ1n) is 5.75. The van der Waals surface area contributed by atoms with E-state index >= 15 is 0 Å². The lowest BCUT2D eigenvalue weighted by atomic mass is 10.3. The highest BCUT2D eigenvalue weighted by Gasteiger charge is 2.25. The minimum atomic E-state index is 1.07. The molecule has 0 aromatic heterocycles. The Morgan fingerprint density at radius 3 is 2.00 bits per heavy atom. The summed E-state index contributed by atoms with van der Waals surface area (Å²) in [5.41, 5.74) is 0. The third-order valence-corrected chi connectivity index (χ3v) is 2.81. The molecule has 1 aliphatic carbocycles. The van der Waals surface area contributed by atoms with Gasteiger partial charge < -0.3 is 9.80 Å². The van der Waals surface area contributed by atoms with Crippen LogP contribution < -0.4 is 0 Å². The zero-order chi connectivity index (χ0) is 9.68. The van der Waals surface area contributed by atoms with Crippen molar-refractivity contribution in [2.45, 2.75) is 26.7 Å². The Hall–Kier alpha value is -0.0800. The first-order valence-corrected chi connectivity index (χ1v) is 5.75. The fraction of sp³-hybridized carbons (Fsp3) is 1.00. The van der Waals surface area contributed by atoms with Crippen LogP contribution in [0.2, 0.25) is 0 Å². The number of likely N-dealkylation sites (N-methyl/N-ethyl adjacent to an activating group) is 1. The predicted octanol–water partition coefficient (Wildman–Crippen LogP) is 1.67. The lowest BCUT2D eigenvalue weighted by Crippen LogP contribution is -2.45.